The number of unbranched alkanes of at least 4 members (excludes halogenated alkanes) is 2. The van der Waals surface area contributed by atoms with E-state index in [-0.39, 0.29) is 19.5 Å². The fraction of sp³-hybridized carbons (Fsp3) is 0.833. The van der Waals surface area contributed by atoms with Crippen molar-refractivity contribution in [2.75, 3.05) is 6.61 Å². The van der Waals surface area contributed by atoms with Crippen molar-refractivity contribution >= 4 is 29.2 Å². The standard InChI is InChI=1S/C6H12OS2.Zn/c1-2-3-4-5-7-6(8)9;/h2-5H2,1H3,(H,8,9);. The molecule has 0 N–H and O–H groups in total. The van der Waals surface area contributed by atoms with Crippen LogP contribution in [0.5, 0.6) is 0 Å². The van der Waals surface area contributed by atoms with Gasteiger partial charge in [0.05, 0.1) is 6.61 Å². The third-order valence-corrected chi connectivity index (χ3v) is 1.22. The van der Waals surface area contributed by atoms with Crippen molar-refractivity contribution in [1.29, 1.82) is 0 Å². The third-order valence-electron chi connectivity index (χ3n) is 0.973. The Morgan fingerprint density at radius 1 is 1.50 bits per heavy atom. The molecule has 1 nitrogen and oxygen atoms in total. The molecule has 0 spiro atoms. The van der Waals surface area contributed by atoms with E-state index < -0.39 is 0 Å². The van der Waals surface area contributed by atoms with Crippen molar-refractivity contribution in [3.8, 4) is 0 Å². The average molecular weight is 230 g/mol. The summed E-state index contributed by atoms with van der Waals surface area (Å²) in [5.74, 6) is 0. The molecular formula is C6H12OS2Zn. The van der Waals surface area contributed by atoms with Crippen LogP contribution in [0.3, 0.4) is 0 Å². The van der Waals surface area contributed by atoms with E-state index in [1.54, 1.807) is 0 Å². The Morgan fingerprint density at radius 3 is 2.50 bits per heavy atom. The van der Waals surface area contributed by atoms with Crippen molar-refractivity contribution in [1.82, 2.24) is 0 Å². The number of thiol groups is 1. The number of ether oxygens (including phenoxy) is 1. The van der Waals surface area contributed by atoms with Gasteiger partial charge in [-0.2, -0.15) is 0 Å². The Hall–Kier alpha value is 0.863. The topological polar surface area (TPSA) is 9.23 Å². The fourth-order valence-electron chi connectivity index (χ4n) is 0.512. The summed E-state index contributed by atoms with van der Waals surface area (Å²) < 4.78 is 5.29. The van der Waals surface area contributed by atoms with Crippen LogP contribution in [-0.4, -0.2) is 11.0 Å². The van der Waals surface area contributed by atoms with Crippen molar-refractivity contribution in [2.45, 2.75) is 26.2 Å². The Kier molecular flexibility index (Phi) is 13.3. The number of hydrogen-bond donors (Lipinski definition) is 1. The van der Waals surface area contributed by atoms with Crippen molar-refractivity contribution in [2.24, 2.45) is 0 Å². The minimum atomic E-state index is 0. The summed E-state index contributed by atoms with van der Waals surface area (Å²) in [4.78, 5) is 0. The van der Waals surface area contributed by atoms with Gasteiger partial charge in [0, 0.05) is 19.5 Å². The van der Waals surface area contributed by atoms with E-state index in [2.05, 4.69) is 31.8 Å². The zero-order chi connectivity index (χ0) is 7.11. The molecule has 0 saturated heterocycles. The summed E-state index contributed by atoms with van der Waals surface area (Å²) in [6.07, 6.45) is 3.50. The largest absolute Gasteiger partial charge is 0.479 e. The minimum absolute atomic E-state index is 0. The molecule has 0 aliphatic heterocycles. The molecule has 0 unspecified atom stereocenters. The summed E-state index contributed by atoms with van der Waals surface area (Å²) in [6.45, 7) is 2.87. The van der Waals surface area contributed by atoms with Gasteiger partial charge in [-0.15, -0.1) is 0 Å². The normalized spacial score (nSPS) is 8.20. The molecule has 0 rings (SSSR count). The van der Waals surface area contributed by atoms with Crippen molar-refractivity contribution < 1.29 is 24.2 Å². The summed E-state index contributed by atoms with van der Waals surface area (Å²) >= 11 is 8.40. The Balaban J connectivity index is 0. The molecule has 0 aliphatic carbocycles. The second-order valence-electron chi connectivity index (χ2n) is 1.82. The zero-order valence-corrected chi connectivity index (χ0v) is 11.0. The van der Waals surface area contributed by atoms with E-state index in [0.29, 0.717) is 4.38 Å². The van der Waals surface area contributed by atoms with Gasteiger partial charge in [-0.1, -0.05) is 32.4 Å². The molecule has 0 aromatic heterocycles. The van der Waals surface area contributed by atoms with E-state index in [9.17, 15) is 0 Å². The molecule has 0 aromatic carbocycles. The molecule has 4 heteroatoms. The first-order valence-corrected chi connectivity index (χ1v) is 3.98. The van der Waals surface area contributed by atoms with Crippen LogP contribution in [0.25, 0.3) is 0 Å². The Labute approximate surface area is 86.1 Å². The van der Waals surface area contributed by atoms with E-state index in [4.69, 9.17) is 4.74 Å². The van der Waals surface area contributed by atoms with E-state index in [1.807, 2.05) is 0 Å². The SMILES string of the molecule is CCCCCOC(=S)S.[Zn]. The van der Waals surface area contributed by atoms with Crippen LogP contribution in [0.15, 0.2) is 0 Å². The monoisotopic (exact) mass is 228 g/mol. The molecule has 0 bridgehead atoms. The maximum Gasteiger partial charge on any atom is 0.216 e. The molecule has 0 aromatic rings. The summed E-state index contributed by atoms with van der Waals surface area (Å²) in [5, 5.41) is 0. The first kappa shape index (κ1) is 13.5. The van der Waals surface area contributed by atoms with Gasteiger partial charge < -0.3 is 4.74 Å². The average Bonchev–Trinajstić information content (AvgIpc) is 1.80. The molecule has 0 radical (unpaired) electrons. The smallest absolute Gasteiger partial charge is 0.216 e. The Morgan fingerprint density at radius 2 is 2.10 bits per heavy atom. The third kappa shape index (κ3) is 11.6. The maximum atomic E-state index is 4.94. The van der Waals surface area contributed by atoms with Gasteiger partial charge >= 0.3 is 0 Å². The number of rotatable bonds is 4. The maximum absolute atomic E-state index is 4.94. The first-order chi connectivity index (χ1) is 4.27. The van der Waals surface area contributed by atoms with Gasteiger partial charge in [-0.3, -0.25) is 0 Å². The fourth-order valence-corrected chi connectivity index (χ4v) is 0.686. The second-order valence-corrected chi connectivity index (χ2v) is 2.90. The molecule has 0 aliphatic rings. The molecule has 0 saturated carbocycles. The van der Waals surface area contributed by atoms with Crippen LogP contribution < -0.4 is 0 Å². The van der Waals surface area contributed by atoms with Crippen molar-refractivity contribution in [3.63, 3.8) is 0 Å². The van der Waals surface area contributed by atoms with Gasteiger partial charge in [0.15, 0.2) is 0 Å². The zero-order valence-electron chi connectivity index (χ0n) is 6.30. The summed E-state index contributed by atoms with van der Waals surface area (Å²) in [7, 11) is 0. The van der Waals surface area contributed by atoms with Crippen LogP contribution in [-0.2, 0) is 24.2 Å². The Bertz CT molecular complexity index is 87.8. The van der Waals surface area contributed by atoms with Crippen LogP contribution in [0, 0.1) is 0 Å². The van der Waals surface area contributed by atoms with E-state index >= 15 is 0 Å². The van der Waals surface area contributed by atoms with E-state index in [0.717, 1.165) is 13.0 Å². The quantitative estimate of drug-likeness (QED) is 0.343. The van der Waals surface area contributed by atoms with Crippen LogP contribution >= 0.6 is 24.8 Å². The number of hydrogen-bond acceptors (Lipinski definition) is 2. The molecule has 0 fully saturated rings. The molecule has 0 atom stereocenters. The van der Waals surface area contributed by atoms with Crippen molar-refractivity contribution in [3.05, 3.63) is 0 Å². The van der Waals surface area contributed by atoms with Gasteiger partial charge in [-0.25, -0.2) is 0 Å². The molecule has 0 heterocycles. The molecule has 56 valence electrons. The summed E-state index contributed by atoms with van der Waals surface area (Å²) in [6, 6.07) is 0. The predicted octanol–water partition coefficient (Wildman–Crippen LogP) is 2.41. The van der Waals surface area contributed by atoms with Gasteiger partial charge in [0.1, 0.15) is 0 Å². The van der Waals surface area contributed by atoms with E-state index in [1.165, 1.54) is 12.8 Å². The first-order valence-electron chi connectivity index (χ1n) is 3.13. The van der Waals surface area contributed by atoms with Crippen LogP contribution in [0.2, 0.25) is 0 Å². The van der Waals surface area contributed by atoms with Gasteiger partial charge in [0.25, 0.3) is 0 Å². The second kappa shape index (κ2) is 9.86. The molecule has 10 heavy (non-hydrogen) atoms. The predicted molar refractivity (Wildman–Crippen MR) is 47.1 cm³/mol. The molecular weight excluding hydrogens is 218 g/mol. The number of thiocarbonyl (C=S) groups is 1. The van der Waals surface area contributed by atoms with Gasteiger partial charge in [0.2, 0.25) is 4.38 Å². The summed E-state index contributed by atoms with van der Waals surface area (Å²) in [5.41, 5.74) is 0. The van der Waals surface area contributed by atoms with Crippen LogP contribution in [0.4, 0.5) is 0 Å². The molecule has 0 amide bonds. The van der Waals surface area contributed by atoms with Gasteiger partial charge in [-0.05, 0) is 18.6 Å². The van der Waals surface area contributed by atoms with Crippen LogP contribution in [0.1, 0.15) is 26.2 Å². The minimum Gasteiger partial charge on any atom is -0.479 e.